The smallest absolute Gasteiger partial charge is 0.354 e. The van der Waals surface area contributed by atoms with Gasteiger partial charge < -0.3 is 55.6 Å². The standard InChI is InChI=1S/C65H105ClF3N11O11/c1-17-42(8)57-64(91)76(12)37-55(84)74(10)38-56(85)78(14)51(35-44-23-19-18-20-24-44)63(90)75(11)36-52(81)72-48(29-27-45-26-28-46(47(66)34-45)65(67,68)69)62(89)79(15)49(31-39(2)3)59(86)70-30-22-21-25-53(82)77(13)50(32-40(4)5)60(87)71-43(9)33-54(83)80(16)58(41(6)7)61(88)73-57/h26,28,34,39-44,48-51,57-58H,17-25,27,29-33,35-38H2,1-16H3,(H,70,86)(H,71,87)(H,72,81)(H,73,88)/t42-,43+,48-,49-,50-,51-,57-,58-/m0/s1. The van der Waals surface area contributed by atoms with Crippen molar-refractivity contribution in [1.82, 2.24) is 55.6 Å². The largest absolute Gasteiger partial charge is 0.417 e. The lowest BCUT2D eigenvalue weighted by atomic mass is 9.84. The number of benzene rings is 1. The van der Waals surface area contributed by atoms with Crippen molar-refractivity contribution < 1.29 is 65.9 Å². The van der Waals surface area contributed by atoms with Gasteiger partial charge in [0.2, 0.25) is 65.0 Å². The summed E-state index contributed by atoms with van der Waals surface area (Å²) in [7, 11) is 9.99. The molecule has 1 saturated heterocycles. The Balaban J connectivity index is 2.10. The third-order valence-electron chi connectivity index (χ3n) is 17.6. The molecule has 26 heteroatoms. The predicted molar refractivity (Wildman–Crippen MR) is 341 cm³/mol. The first kappa shape index (κ1) is 78.7. The lowest BCUT2D eigenvalue weighted by Gasteiger charge is -2.35. The summed E-state index contributed by atoms with van der Waals surface area (Å²) in [5.41, 5.74) is -0.741. The molecule has 8 atom stereocenters. The molecule has 1 aliphatic carbocycles. The second kappa shape index (κ2) is 36.6. The van der Waals surface area contributed by atoms with Gasteiger partial charge in [0.25, 0.3) is 0 Å². The summed E-state index contributed by atoms with van der Waals surface area (Å²) in [5.74, 6) is -7.41. The topological polar surface area (TPSA) is 259 Å². The molecule has 0 bridgehead atoms. The minimum atomic E-state index is -4.74. The van der Waals surface area contributed by atoms with Crippen LogP contribution in [0.1, 0.15) is 163 Å². The van der Waals surface area contributed by atoms with Crippen molar-refractivity contribution in [1.29, 1.82) is 0 Å². The average Bonchev–Trinajstić information content (AvgIpc) is 1.27. The summed E-state index contributed by atoms with van der Waals surface area (Å²) in [4.78, 5) is 165. The summed E-state index contributed by atoms with van der Waals surface area (Å²) in [5, 5.41) is 10.8. The molecule has 3 rings (SSSR count). The molecule has 1 heterocycles. The maximum atomic E-state index is 14.8. The first-order chi connectivity index (χ1) is 42.4. The Morgan fingerprint density at radius 2 is 1.16 bits per heavy atom. The van der Waals surface area contributed by atoms with Crippen LogP contribution in [0.3, 0.4) is 0 Å². The van der Waals surface area contributed by atoms with Crippen LogP contribution in [0, 0.1) is 29.6 Å². The van der Waals surface area contributed by atoms with Gasteiger partial charge in [0.05, 0.1) is 30.2 Å². The highest BCUT2D eigenvalue weighted by molar-refractivity contribution is 6.31. The van der Waals surface area contributed by atoms with Crippen LogP contribution in [0.15, 0.2) is 18.2 Å². The maximum absolute atomic E-state index is 14.8. The van der Waals surface area contributed by atoms with Gasteiger partial charge in [0.1, 0.15) is 36.3 Å². The highest BCUT2D eigenvalue weighted by Gasteiger charge is 2.40. The first-order valence-corrected chi connectivity index (χ1v) is 32.6. The number of nitrogens with one attached hydrogen (secondary N) is 4. The molecule has 0 unspecified atom stereocenters. The number of alkyl halides is 3. The zero-order valence-electron chi connectivity index (χ0n) is 56.7. The van der Waals surface area contributed by atoms with E-state index in [1.165, 1.54) is 75.0 Å². The number of aryl methyl sites for hydroxylation is 1. The van der Waals surface area contributed by atoms with E-state index in [9.17, 15) is 65.9 Å². The van der Waals surface area contributed by atoms with Gasteiger partial charge in [0, 0.05) is 74.8 Å². The number of hydrogen-bond donors (Lipinski definition) is 4. The molecule has 2 fully saturated rings. The third-order valence-corrected chi connectivity index (χ3v) is 17.9. The lowest BCUT2D eigenvalue weighted by Crippen LogP contribution is -2.58. The summed E-state index contributed by atoms with van der Waals surface area (Å²) in [6.07, 6.45) is 1.01. The maximum Gasteiger partial charge on any atom is 0.417 e. The Labute approximate surface area is 542 Å². The predicted octanol–water partition coefficient (Wildman–Crippen LogP) is 5.90. The Kier molecular flexibility index (Phi) is 31.7. The number of amides is 11. The normalized spacial score (nSPS) is 24.7. The summed E-state index contributed by atoms with van der Waals surface area (Å²) in [6.45, 7) is 14.8. The van der Waals surface area contributed by atoms with Gasteiger partial charge in [-0.05, 0) is 99.2 Å². The number of hydrogen-bond acceptors (Lipinski definition) is 11. The van der Waals surface area contributed by atoms with E-state index in [2.05, 4.69) is 21.3 Å². The van der Waals surface area contributed by atoms with Crippen LogP contribution in [0.4, 0.5) is 13.2 Å². The molecular formula is C65H105ClF3N11O11. The molecule has 514 valence electrons. The Morgan fingerprint density at radius 3 is 1.73 bits per heavy atom. The van der Waals surface area contributed by atoms with E-state index in [4.69, 9.17) is 11.6 Å². The average molecular weight is 1310 g/mol. The molecule has 2 aliphatic rings. The van der Waals surface area contributed by atoms with Gasteiger partial charge in [-0.25, -0.2) is 0 Å². The van der Waals surface area contributed by atoms with Crippen molar-refractivity contribution in [3.63, 3.8) is 0 Å². The molecule has 1 aliphatic heterocycles. The number of nitrogens with zero attached hydrogens (tertiary/aromatic N) is 7. The van der Waals surface area contributed by atoms with Gasteiger partial charge in [-0.15, -0.1) is 0 Å². The Morgan fingerprint density at radius 1 is 0.593 bits per heavy atom. The Hall–Kier alpha value is -6.53. The fraction of sp³-hybridized carbons (Fsp3) is 0.738. The lowest BCUT2D eigenvalue weighted by molar-refractivity contribution is -0.149. The van der Waals surface area contributed by atoms with Gasteiger partial charge in [-0.2, -0.15) is 13.2 Å². The second-order valence-corrected chi connectivity index (χ2v) is 26.9. The van der Waals surface area contributed by atoms with Crippen molar-refractivity contribution in [2.45, 2.75) is 207 Å². The van der Waals surface area contributed by atoms with Crippen LogP contribution < -0.4 is 21.3 Å². The SMILES string of the molecule is CC[C@H](C)[C@@H]1NC(=O)[C@H](C(C)C)N(C)C(=O)C[C@@H](C)NC(=O)[C@H](CC(C)C)N(C)C(=O)CCCCNC(=O)[C@H](CC(C)C)N(C)C(=O)[C@H](CCc2ccc(C(F)(F)F)c(Cl)c2)NC(=O)CN(C)C(=O)[C@H](CC2CCCCC2)N(C)C(=O)CN(C)C(=O)CN(C)C1=O. The minimum Gasteiger partial charge on any atom is -0.354 e. The van der Waals surface area contributed by atoms with Crippen molar-refractivity contribution >= 4 is 76.6 Å². The molecule has 0 radical (unpaired) electrons. The van der Waals surface area contributed by atoms with Crippen LogP contribution in [0.25, 0.3) is 0 Å². The van der Waals surface area contributed by atoms with E-state index in [0.717, 1.165) is 58.9 Å². The van der Waals surface area contributed by atoms with Gasteiger partial charge in [-0.1, -0.05) is 112 Å². The van der Waals surface area contributed by atoms with Crippen LogP contribution in [0.5, 0.6) is 0 Å². The third kappa shape index (κ3) is 24.1. The summed E-state index contributed by atoms with van der Waals surface area (Å²) in [6, 6.07) is -4.25. The zero-order valence-corrected chi connectivity index (χ0v) is 57.5. The molecule has 4 N–H and O–H groups in total. The van der Waals surface area contributed by atoms with E-state index < -0.39 is 150 Å². The van der Waals surface area contributed by atoms with Gasteiger partial charge in [-0.3, -0.25) is 52.7 Å². The molecule has 11 amide bonds. The Bertz CT molecular complexity index is 2680. The summed E-state index contributed by atoms with van der Waals surface area (Å²) >= 11 is 6.09. The molecule has 91 heavy (non-hydrogen) atoms. The first-order valence-electron chi connectivity index (χ1n) is 32.2. The van der Waals surface area contributed by atoms with Crippen LogP contribution >= 0.6 is 11.6 Å². The van der Waals surface area contributed by atoms with E-state index in [1.54, 1.807) is 27.7 Å². The van der Waals surface area contributed by atoms with Gasteiger partial charge in [0.15, 0.2) is 0 Å². The molecule has 1 saturated carbocycles. The van der Waals surface area contributed by atoms with Crippen molar-refractivity contribution in [2.75, 3.05) is 75.5 Å². The number of carbonyl (C=O) groups excluding carboxylic acids is 11. The molecule has 0 aromatic heterocycles. The quantitative estimate of drug-likeness (QED) is 0.191. The highest BCUT2D eigenvalue weighted by Crippen LogP contribution is 2.35. The van der Waals surface area contributed by atoms with Crippen LogP contribution in [-0.4, -0.2) is 217 Å². The summed E-state index contributed by atoms with van der Waals surface area (Å²) < 4.78 is 41.1. The molecule has 22 nitrogen and oxygen atoms in total. The second-order valence-electron chi connectivity index (χ2n) is 26.5. The fourth-order valence-corrected chi connectivity index (χ4v) is 12.0. The molecule has 0 spiro atoms. The van der Waals surface area contributed by atoms with Crippen LogP contribution in [-0.2, 0) is 65.3 Å². The van der Waals surface area contributed by atoms with E-state index in [-0.39, 0.29) is 68.7 Å². The van der Waals surface area contributed by atoms with Crippen molar-refractivity contribution in [3.05, 3.63) is 34.3 Å². The van der Waals surface area contributed by atoms with E-state index in [1.807, 2.05) is 34.6 Å². The highest BCUT2D eigenvalue weighted by atomic mass is 35.5. The van der Waals surface area contributed by atoms with Crippen LogP contribution in [0.2, 0.25) is 5.02 Å². The number of rotatable bonds is 12. The van der Waals surface area contributed by atoms with E-state index >= 15 is 0 Å². The van der Waals surface area contributed by atoms with Crippen molar-refractivity contribution in [2.24, 2.45) is 29.6 Å². The van der Waals surface area contributed by atoms with Crippen molar-refractivity contribution in [3.8, 4) is 0 Å². The minimum absolute atomic E-state index is 0.0110. The molecule has 1 aromatic carbocycles. The fourth-order valence-electron chi connectivity index (χ4n) is 11.7. The van der Waals surface area contributed by atoms with Gasteiger partial charge >= 0.3 is 6.18 Å². The monoisotopic (exact) mass is 1310 g/mol. The zero-order chi connectivity index (χ0) is 68.9. The van der Waals surface area contributed by atoms with E-state index in [0.29, 0.717) is 31.2 Å². The molecular weight excluding hydrogens is 1200 g/mol. The number of carbonyl (C=O) groups is 11. The molecule has 1 aromatic rings. The number of halogens is 4. The number of likely N-dealkylation sites (N-methyl/N-ethyl adjacent to an activating group) is 7.